The molecule has 2 rings (SSSR count). The molecule has 0 saturated heterocycles. The van der Waals surface area contributed by atoms with Crippen LogP contribution in [0.4, 0.5) is 0 Å². The van der Waals surface area contributed by atoms with Crippen molar-refractivity contribution in [2.24, 2.45) is 0 Å². The molecule has 0 unspecified atom stereocenters. The van der Waals surface area contributed by atoms with E-state index in [0.29, 0.717) is 10.8 Å². The van der Waals surface area contributed by atoms with Crippen LogP contribution in [-0.4, -0.2) is 21.3 Å². The van der Waals surface area contributed by atoms with Gasteiger partial charge in [0.1, 0.15) is 0 Å². The zero-order valence-electron chi connectivity index (χ0n) is 12.5. The van der Waals surface area contributed by atoms with Gasteiger partial charge in [-0.05, 0) is 44.0 Å². The summed E-state index contributed by atoms with van der Waals surface area (Å²) in [7, 11) is 0. The molecule has 2 aromatic heterocycles. The van der Waals surface area contributed by atoms with Gasteiger partial charge in [0.05, 0.1) is 10.7 Å². The zero-order valence-corrected chi connectivity index (χ0v) is 13.3. The predicted molar refractivity (Wildman–Crippen MR) is 82.6 cm³/mol. The third-order valence-corrected chi connectivity index (χ3v) is 3.73. The molecule has 20 heavy (non-hydrogen) atoms. The molecule has 0 aliphatic carbocycles. The molecule has 2 aromatic rings. The molecule has 0 spiro atoms. The summed E-state index contributed by atoms with van der Waals surface area (Å²) < 4.78 is 1.84. The Hall–Kier alpha value is -1.39. The van der Waals surface area contributed by atoms with E-state index in [-0.39, 0.29) is 0 Å². The third kappa shape index (κ3) is 2.86. The van der Waals surface area contributed by atoms with E-state index in [0.717, 1.165) is 36.5 Å². The lowest BCUT2D eigenvalue weighted by Crippen LogP contribution is -2.12. The van der Waals surface area contributed by atoms with Gasteiger partial charge in [-0.3, -0.25) is 0 Å². The zero-order chi connectivity index (χ0) is 14.7. The number of rotatable bonds is 5. The van der Waals surface area contributed by atoms with Crippen molar-refractivity contribution < 1.29 is 0 Å². The van der Waals surface area contributed by atoms with Crippen LogP contribution in [-0.2, 0) is 13.0 Å². The van der Waals surface area contributed by atoms with Crippen LogP contribution in [0.3, 0.4) is 0 Å². The van der Waals surface area contributed by atoms with Gasteiger partial charge in [-0.25, -0.2) is 9.67 Å². The van der Waals surface area contributed by atoms with Gasteiger partial charge in [-0.2, -0.15) is 5.10 Å². The summed E-state index contributed by atoms with van der Waals surface area (Å²) in [5, 5.41) is 8.45. The van der Waals surface area contributed by atoms with Crippen molar-refractivity contribution >= 4 is 11.6 Å². The molecular weight excluding hydrogens is 272 g/mol. The molecule has 2 heterocycles. The number of nitrogens with one attached hydrogen (secondary N) is 1. The Labute approximate surface area is 125 Å². The lowest BCUT2D eigenvalue weighted by atomic mass is 10.1. The van der Waals surface area contributed by atoms with Crippen molar-refractivity contribution in [3.63, 3.8) is 0 Å². The van der Waals surface area contributed by atoms with Crippen LogP contribution in [0.5, 0.6) is 0 Å². The SMILES string of the molecule is CCNCc1cnc(-n2nc(C)c(CC)c2C)c(Cl)c1. The summed E-state index contributed by atoms with van der Waals surface area (Å²) in [6.07, 6.45) is 2.82. The molecular formula is C15H21ClN4. The van der Waals surface area contributed by atoms with Crippen LogP contribution in [0.1, 0.15) is 36.4 Å². The normalized spacial score (nSPS) is 11.1. The first-order valence-electron chi connectivity index (χ1n) is 6.99. The molecule has 0 radical (unpaired) electrons. The van der Waals surface area contributed by atoms with Crippen molar-refractivity contribution in [1.29, 1.82) is 0 Å². The standard InChI is InChI=1S/C15H21ClN4/c1-5-13-10(3)19-20(11(13)4)15-14(16)7-12(9-18-15)8-17-6-2/h7,9,17H,5-6,8H2,1-4H3. The highest BCUT2D eigenvalue weighted by atomic mass is 35.5. The number of hydrogen-bond donors (Lipinski definition) is 1. The number of nitrogens with zero attached hydrogens (tertiary/aromatic N) is 3. The Bertz CT molecular complexity index is 604. The molecule has 0 atom stereocenters. The first-order valence-corrected chi connectivity index (χ1v) is 7.36. The fourth-order valence-corrected chi connectivity index (χ4v) is 2.65. The van der Waals surface area contributed by atoms with Gasteiger partial charge in [-0.1, -0.05) is 25.4 Å². The quantitative estimate of drug-likeness (QED) is 0.920. The number of hydrogen-bond acceptors (Lipinski definition) is 3. The monoisotopic (exact) mass is 292 g/mol. The van der Waals surface area contributed by atoms with Crippen molar-refractivity contribution in [2.75, 3.05) is 6.54 Å². The van der Waals surface area contributed by atoms with Gasteiger partial charge < -0.3 is 5.32 Å². The second-order valence-electron chi connectivity index (χ2n) is 4.84. The minimum Gasteiger partial charge on any atom is -0.313 e. The van der Waals surface area contributed by atoms with Crippen LogP contribution in [0.2, 0.25) is 5.02 Å². The van der Waals surface area contributed by atoms with Gasteiger partial charge in [-0.15, -0.1) is 0 Å². The van der Waals surface area contributed by atoms with Gasteiger partial charge in [0.15, 0.2) is 5.82 Å². The highest BCUT2D eigenvalue weighted by Gasteiger charge is 2.14. The van der Waals surface area contributed by atoms with E-state index in [1.165, 1.54) is 5.56 Å². The summed E-state index contributed by atoms with van der Waals surface area (Å²) in [6.45, 7) is 10.00. The lowest BCUT2D eigenvalue weighted by Gasteiger charge is -2.08. The van der Waals surface area contributed by atoms with E-state index in [2.05, 4.69) is 36.2 Å². The summed E-state index contributed by atoms with van der Waals surface area (Å²) >= 11 is 6.37. The van der Waals surface area contributed by atoms with E-state index in [1.54, 1.807) is 0 Å². The fraction of sp³-hybridized carbons (Fsp3) is 0.467. The minimum absolute atomic E-state index is 0.633. The number of pyridine rings is 1. The first-order chi connectivity index (χ1) is 9.58. The summed E-state index contributed by atoms with van der Waals surface area (Å²) in [4.78, 5) is 4.48. The summed E-state index contributed by atoms with van der Waals surface area (Å²) in [5.74, 6) is 0.701. The molecule has 0 aliphatic heterocycles. The minimum atomic E-state index is 0.633. The third-order valence-electron chi connectivity index (χ3n) is 3.45. The molecule has 0 aromatic carbocycles. The molecule has 0 amide bonds. The maximum Gasteiger partial charge on any atom is 0.172 e. The van der Waals surface area contributed by atoms with E-state index in [1.807, 2.05) is 23.9 Å². The molecule has 5 heteroatoms. The molecule has 108 valence electrons. The number of aromatic nitrogens is 3. The van der Waals surface area contributed by atoms with Gasteiger partial charge in [0.25, 0.3) is 0 Å². The van der Waals surface area contributed by atoms with Crippen LogP contribution in [0.25, 0.3) is 5.82 Å². The molecule has 0 fully saturated rings. The fourth-order valence-electron chi connectivity index (χ4n) is 2.39. The maximum atomic E-state index is 6.37. The molecule has 0 bridgehead atoms. The first kappa shape index (κ1) is 15.0. The van der Waals surface area contributed by atoms with Gasteiger partial charge in [0.2, 0.25) is 0 Å². The number of halogens is 1. The van der Waals surface area contributed by atoms with Crippen molar-refractivity contribution in [2.45, 2.75) is 40.7 Å². The Morgan fingerprint density at radius 1 is 1.30 bits per heavy atom. The van der Waals surface area contributed by atoms with Crippen LogP contribution < -0.4 is 5.32 Å². The van der Waals surface area contributed by atoms with E-state index in [4.69, 9.17) is 11.6 Å². The van der Waals surface area contributed by atoms with Crippen molar-refractivity contribution in [3.05, 3.63) is 39.8 Å². The van der Waals surface area contributed by atoms with Crippen LogP contribution in [0, 0.1) is 13.8 Å². The van der Waals surface area contributed by atoms with Gasteiger partial charge >= 0.3 is 0 Å². The Morgan fingerprint density at radius 2 is 2.05 bits per heavy atom. The second-order valence-corrected chi connectivity index (χ2v) is 5.25. The van der Waals surface area contributed by atoms with Gasteiger partial charge in [0, 0.05) is 18.4 Å². The van der Waals surface area contributed by atoms with Crippen molar-refractivity contribution in [3.8, 4) is 5.82 Å². The highest BCUT2D eigenvalue weighted by molar-refractivity contribution is 6.32. The largest absolute Gasteiger partial charge is 0.313 e. The smallest absolute Gasteiger partial charge is 0.172 e. The molecule has 0 aliphatic rings. The Balaban J connectivity index is 2.38. The lowest BCUT2D eigenvalue weighted by molar-refractivity contribution is 0.721. The maximum absolute atomic E-state index is 6.37. The summed E-state index contributed by atoms with van der Waals surface area (Å²) in [5.41, 5.74) is 4.50. The van der Waals surface area contributed by atoms with E-state index >= 15 is 0 Å². The molecule has 4 nitrogen and oxygen atoms in total. The topological polar surface area (TPSA) is 42.7 Å². The van der Waals surface area contributed by atoms with Crippen molar-refractivity contribution in [1.82, 2.24) is 20.1 Å². The number of aryl methyl sites for hydroxylation is 1. The average molecular weight is 293 g/mol. The van der Waals surface area contributed by atoms with E-state index < -0.39 is 0 Å². The van der Waals surface area contributed by atoms with Crippen LogP contribution >= 0.6 is 11.6 Å². The molecule has 0 saturated carbocycles. The predicted octanol–water partition coefficient (Wildman–Crippen LogP) is 3.21. The van der Waals surface area contributed by atoms with Crippen LogP contribution in [0.15, 0.2) is 12.3 Å². The highest BCUT2D eigenvalue weighted by Crippen LogP contribution is 2.23. The van der Waals surface area contributed by atoms with E-state index in [9.17, 15) is 0 Å². The Morgan fingerprint density at radius 3 is 2.60 bits per heavy atom. The Kier molecular flexibility index (Phi) is 4.78. The second kappa shape index (κ2) is 6.37. The average Bonchev–Trinajstić information content (AvgIpc) is 2.71. The summed E-state index contributed by atoms with van der Waals surface area (Å²) in [6, 6.07) is 1.95. The molecule has 1 N–H and O–H groups in total.